The van der Waals surface area contributed by atoms with E-state index in [1.165, 1.54) is 5.56 Å². The fraction of sp³-hybridized carbons (Fsp3) is 0.286. The Hall–Kier alpha value is -0.640. The summed E-state index contributed by atoms with van der Waals surface area (Å²) in [6.45, 7) is 2.04. The minimum absolute atomic E-state index is 0.372. The molecule has 0 spiro atoms. The van der Waals surface area contributed by atoms with Crippen LogP contribution in [-0.2, 0) is 6.42 Å². The van der Waals surface area contributed by atoms with Gasteiger partial charge in [-0.3, -0.25) is 0 Å². The van der Waals surface area contributed by atoms with Gasteiger partial charge in [0.05, 0.1) is 6.10 Å². The second-order valence-electron chi connectivity index (χ2n) is 4.19. The van der Waals surface area contributed by atoms with Crippen molar-refractivity contribution < 1.29 is 5.11 Å². The molecule has 0 saturated carbocycles. The summed E-state index contributed by atoms with van der Waals surface area (Å²) in [5.74, 6) is 0. The van der Waals surface area contributed by atoms with Crippen LogP contribution < -0.4 is 0 Å². The van der Waals surface area contributed by atoms with E-state index >= 15 is 0 Å². The molecular weight excluding hydrogens is 296 g/mol. The molecule has 1 unspecified atom stereocenters. The van der Waals surface area contributed by atoms with Crippen molar-refractivity contribution in [2.45, 2.75) is 25.9 Å². The van der Waals surface area contributed by atoms with E-state index in [4.69, 9.17) is 0 Å². The third-order valence-corrected chi connectivity index (χ3v) is 4.10. The van der Waals surface area contributed by atoms with Gasteiger partial charge in [0.1, 0.15) is 0 Å². The van der Waals surface area contributed by atoms with Crippen molar-refractivity contribution >= 4 is 27.3 Å². The Morgan fingerprint density at radius 2 is 2.18 bits per heavy atom. The SMILES string of the molecule is Cc1cc(Br)ccc1C(O)CCc1ccsc1. The average molecular weight is 311 g/mol. The van der Waals surface area contributed by atoms with Gasteiger partial charge in [-0.15, -0.1) is 0 Å². The fourth-order valence-electron chi connectivity index (χ4n) is 1.91. The van der Waals surface area contributed by atoms with Crippen molar-refractivity contribution in [1.82, 2.24) is 0 Å². The summed E-state index contributed by atoms with van der Waals surface area (Å²) in [6, 6.07) is 8.14. The Morgan fingerprint density at radius 1 is 1.35 bits per heavy atom. The summed E-state index contributed by atoms with van der Waals surface area (Å²) < 4.78 is 1.06. The highest BCUT2D eigenvalue weighted by Crippen LogP contribution is 2.25. The minimum Gasteiger partial charge on any atom is -0.388 e. The number of hydrogen-bond donors (Lipinski definition) is 1. The molecule has 90 valence electrons. The number of aliphatic hydroxyl groups excluding tert-OH is 1. The molecular formula is C14H15BrOS. The molecule has 0 aliphatic heterocycles. The van der Waals surface area contributed by atoms with E-state index in [-0.39, 0.29) is 6.10 Å². The average Bonchev–Trinajstić information content (AvgIpc) is 2.78. The van der Waals surface area contributed by atoms with E-state index in [1.807, 2.05) is 25.1 Å². The summed E-state index contributed by atoms with van der Waals surface area (Å²) in [6.07, 6.45) is 1.34. The number of aliphatic hydroxyl groups is 1. The molecule has 3 heteroatoms. The van der Waals surface area contributed by atoms with E-state index in [0.717, 1.165) is 28.4 Å². The monoisotopic (exact) mass is 310 g/mol. The molecule has 2 aromatic rings. The molecule has 1 N–H and O–H groups in total. The molecule has 0 aliphatic rings. The van der Waals surface area contributed by atoms with Crippen LogP contribution in [0.25, 0.3) is 0 Å². The lowest BCUT2D eigenvalue weighted by Crippen LogP contribution is -2.01. The lowest BCUT2D eigenvalue weighted by molar-refractivity contribution is 0.167. The standard InChI is InChI=1S/C14H15BrOS/c1-10-8-12(15)3-4-13(10)14(16)5-2-11-6-7-17-9-11/h3-4,6-9,14,16H,2,5H2,1H3. The van der Waals surface area contributed by atoms with Crippen molar-refractivity contribution in [1.29, 1.82) is 0 Å². The molecule has 1 aromatic carbocycles. The highest BCUT2D eigenvalue weighted by Gasteiger charge is 2.10. The zero-order valence-corrected chi connectivity index (χ0v) is 12.1. The van der Waals surface area contributed by atoms with Crippen LogP contribution in [-0.4, -0.2) is 5.11 Å². The highest BCUT2D eigenvalue weighted by atomic mass is 79.9. The summed E-state index contributed by atoms with van der Waals surface area (Å²) in [5.41, 5.74) is 3.48. The number of thiophene rings is 1. The van der Waals surface area contributed by atoms with Gasteiger partial charge in [-0.2, -0.15) is 11.3 Å². The second kappa shape index (κ2) is 5.80. The van der Waals surface area contributed by atoms with Crippen molar-refractivity contribution in [3.05, 3.63) is 56.2 Å². The topological polar surface area (TPSA) is 20.2 Å². The molecule has 2 rings (SSSR count). The zero-order valence-electron chi connectivity index (χ0n) is 9.69. The molecule has 0 amide bonds. The van der Waals surface area contributed by atoms with Crippen molar-refractivity contribution in [2.24, 2.45) is 0 Å². The van der Waals surface area contributed by atoms with Crippen LogP contribution in [0.4, 0.5) is 0 Å². The first-order valence-electron chi connectivity index (χ1n) is 5.62. The number of hydrogen-bond acceptors (Lipinski definition) is 2. The highest BCUT2D eigenvalue weighted by molar-refractivity contribution is 9.10. The van der Waals surface area contributed by atoms with E-state index in [9.17, 15) is 5.11 Å². The van der Waals surface area contributed by atoms with Gasteiger partial charge in [0.15, 0.2) is 0 Å². The molecule has 0 bridgehead atoms. The smallest absolute Gasteiger partial charge is 0.0795 e. The van der Waals surface area contributed by atoms with Crippen LogP contribution in [0.15, 0.2) is 39.5 Å². The first-order chi connectivity index (χ1) is 8.16. The van der Waals surface area contributed by atoms with Gasteiger partial charge in [0.25, 0.3) is 0 Å². The van der Waals surface area contributed by atoms with Crippen LogP contribution in [0.5, 0.6) is 0 Å². The summed E-state index contributed by atoms with van der Waals surface area (Å²) in [5, 5.41) is 14.4. The Kier molecular flexibility index (Phi) is 4.37. The molecule has 1 aromatic heterocycles. The third-order valence-electron chi connectivity index (χ3n) is 2.88. The van der Waals surface area contributed by atoms with E-state index in [2.05, 4.69) is 32.8 Å². The van der Waals surface area contributed by atoms with Crippen molar-refractivity contribution in [3.8, 4) is 0 Å². The molecule has 1 nitrogen and oxygen atoms in total. The Balaban J connectivity index is 2.01. The quantitative estimate of drug-likeness (QED) is 0.882. The van der Waals surface area contributed by atoms with Crippen LogP contribution in [0, 0.1) is 6.92 Å². The molecule has 1 atom stereocenters. The maximum atomic E-state index is 10.2. The predicted molar refractivity (Wildman–Crippen MR) is 76.5 cm³/mol. The molecule has 0 saturated heterocycles. The zero-order chi connectivity index (χ0) is 12.3. The first-order valence-corrected chi connectivity index (χ1v) is 7.35. The van der Waals surface area contributed by atoms with Crippen LogP contribution in [0.3, 0.4) is 0 Å². The van der Waals surface area contributed by atoms with Crippen molar-refractivity contribution in [2.75, 3.05) is 0 Å². The first kappa shape index (κ1) is 12.8. The van der Waals surface area contributed by atoms with E-state index in [0.29, 0.717) is 0 Å². The van der Waals surface area contributed by atoms with Gasteiger partial charge in [0.2, 0.25) is 0 Å². The van der Waals surface area contributed by atoms with Gasteiger partial charge in [-0.1, -0.05) is 22.0 Å². The van der Waals surface area contributed by atoms with Gasteiger partial charge in [-0.05, 0) is 65.4 Å². The Morgan fingerprint density at radius 3 is 2.82 bits per heavy atom. The van der Waals surface area contributed by atoms with E-state index < -0.39 is 0 Å². The summed E-state index contributed by atoms with van der Waals surface area (Å²) >= 11 is 5.14. The lowest BCUT2D eigenvalue weighted by atomic mass is 9.99. The Labute approximate surface area is 114 Å². The summed E-state index contributed by atoms with van der Waals surface area (Å²) in [7, 11) is 0. The maximum Gasteiger partial charge on any atom is 0.0795 e. The largest absolute Gasteiger partial charge is 0.388 e. The van der Waals surface area contributed by atoms with Gasteiger partial charge in [0, 0.05) is 4.47 Å². The van der Waals surface area contributed by atoms with Crippen LogP contribution in [0.1, 0.15) is 29.2 Å². The number of rotatable bonds is 4. The van der Waals surface area contributed by atoms with Gasteiger partial charge >= 0.3 is 0 Å². The van der Waals surface area contributed by atoms with Gasteiger partial charge < -0.3 is 5.11 Å². The number of halogens is 1. The molecule has 1 heterocycles. The summed E-state index contributed by atoms with van der Waals surface area (Å²) in [4.78, 5) is 0. The second-order valence-corrected chi connectivity index (χ2v) is 5.88. The maximum absolute atomic E-state index is 10.2. The van der Waals surface area contributed by atoms with Crippen LogP contribution in [0.2, 0.25) is 0 Å². The fourth-order valence-corrected chi connectivity index (χ4v) is 3.09. The van der Waals surface area contributed by atoms with Crippen molar-refractivity contribution in [3.63, 3.8) is 0 Å². The normalized spacial score (nSPS) is 12.6. The molecule has 0 radical (unpaired) electrons. The molecule has 0 fully saturated rings. The lowest BCUT2D eigenvalue weighted by Gasteiger charge is -2.13. The van der Waals surface area contributed by atoms with E-state index in [1.54, 1.807) is 11.3 Å². The molecule has 0 aliphatic carbocycles. The third kappa shape index (κ3) is 3.41. The van der Waals surface area contributed by atoms with Gasteiger partial charge in [-0.25, -0.2) is 0 Å². The number of benzene rings is 1. The number of aryl methyl sites for hydroxylation is 2. The molecule has 17 heavy (non-hydrogen) atoms. The van der Waals surface area contributed by atoms with Crippen LogP contribution >= 0.6 is 27.3 Å². The predicted octanol–water partition coefficient (Wildman–Crippen LogP) is 4.49. The minimum atomic E-state index is -0.372. The Bertz CT molecular complexity index is 479.